The number of rotatable bonds is 5. The van der Waals surface area contributed by atoms with E-state index in [1.54, 1.807) is 7.11 Å². The number of piperazine rings is 2. The van der Waals surface area contributed by atoms with E-state index in [9.17, 15) is 0 Å². The highest BCUT2D eigenvalue weighted by molar-refractivity contribution is 4.93. The van der Waals surface area contributed by atoms with Crippen molar-refractivity contribution in [3.05, 3.63) is 0 Å². The van der Waals surface area contributed by atoms with Crippen molar-refractivity contribution in [3.63, 3.8) is 0 Å². The number of hydrogen-bond donors (Lipinski definition) is 2. The first kappa shape index (κ1) is 12.3. The second kappa shape index (κ2) is 5.96. The predicted molar refractivity (Wildman–Crippen MR) is 65.7 cm³/mol. The van der Waals surface area contributed by atoms with Crippen LogP contribution >= 0.6 is 0 Å². The van der Waals surface area contributed by atoms with E-state index in [4.69, 9.17) is 4.74 Å². The summed E-state index contributed by atoms with van der Waals surface area (Å²) >= 11 is 0. The van der Waals surface area contributed by atoms with Crippen LogP contribution in [0.1, 0.15) is 13.3 Å². The molecule has 2 aliphatic heterocycles. The molecule has 0 aromatic heterocycles. The average molecular weight is 227 g/mol. The van der Waals surface area contributed by atoms with Gasteiger partial charge in [-0.25, -0.2) is 0 Å². The molecule has 2 N–H and O–H groups in total. The Bertz CT molecular complexity index is 190. The van der Waals surface area contributed by atoms with Crippen molar-refractivity contribution in [3.8, 4) is 0 Å². The van der Waals surface area contributed by atoms with Crippen LogP contribution in [0.3, 0.4) is 0 Å². The van der Waals surface area contributed by atoms with Crippen molar-refractivity contribution in [1.29, 1.82) is 0 Å². The van der Waals surface area contributed by atoms with Crippen LogP contribution in [-0.4, -0.2) is 63.4 Å². The van der Waals surface area contributed by atoms with Crippen LogP contribution in [0, 0.1) is 5.92 Å². The molecule has 2 aliphatic rings. The summed E-state index contributed by atoms with van der Waals surface area (Å²) in [6, 6.07) is 1.39. The topological polar surface area (TPSA) is 36.5 Å². The third kappa shape index (κ3) is 2.94. The van der Waals surface area contributed by atoms with Gasteiger partial charge in [0.1, 0.15) is 0 Å². The van der Waals surface area contributed by atoms with Crippen molar-refractivity contribution in [2.24, 2.45) is 5.92 Å². The fourth-order valence-electron chi connectivity index (χ4n) is 2.85. The molecule has 0 amide bonds. The van der Waals surface area contributed by atoms with E-state index in [-0.39, 0.29) is 0 Å². The van der Waals surface area contributed by atoms with E-state index in [0.29, 0.717) is 18.0 Å². The van der Waals surface area contributed by atoms with Gasteiger partial charge in [0.2, 0.25) is 0 Å². The Hall–Kier alpha value is -0.160. The molecule has 4 nitrogen and oxygen atoms in total. The number of ether oxygens (including phenoxy) is 1. The first-order valence-electron chi connectivity index (χ1n) is 6.47. The average Bonchev–Trinajstić information content (AvgIpc) is 2.26. The van der Waals surface area contributed by atoms with Gasteiger partial charge in [-0.2, -0.15) is 0 Å². The number of nitrogens with zero attached hydrogens (tertiary/aromatic N) is 1. The standard InChI is InChI=1S/C12H25N3O/c1-10(9-16-2)3-4-15-11-5-13-7-12(15)8-14-6-11/h10-14H,3-9H2,1-2H3. The number of methoxy groups -OCH3 is 1. The SMILES string of the molecule is COCC(C)CCN1C2CNCC1CNC2. The van der Waals surface area contributed by atoms with Gasteiger partial charge in [-0.1, -0.05) is 6.92 Å². The molecule has 94 valence electrons. The fraction of sp³-hybridized carbons (Fsp3) is 1.00. The lowest BCUT2D eigenvalue weighted by Crippen LogP contribution is -2.67. The molecule has 0 aliphatic carbocycles. The molecule has 16 heavy (non-hydrogen) atoms. The van der Waals surface area contributed by atoms with Gasteiger partial charge in [0, 0.05) is 52.0 Å². The minimum Gasteiger partial charge on any atom is -0.384 e. The molecule has 2 saturated heterocycles. The quantitative estimate of drug-likeness (QED) is 0.688. The molecule has 0 saturated carbocycles. The highest BCUT2D eigenvalue weighted by atomic mass is 16.5. The first-order chi connectivity index (χ1) is 7.81. The number of nitrogens with one attached hydrogen (secondary N) is 2. The summed E-state index contributed by atoms with van der Waals surface area (Å²) in [4.78, 5) is 2.69. The van der Waals surface area contributed by atoms with Gasteiger partial charge in [-0.3, -0.25) is 4.90 Å². The van der Waals surface area contributed by atoms with E-state index >= 15 is 0 Å². The minimum absolute atomic E-state index is 0.675. The van der Waals surface area contributed by atoms with Crippen molar-refractivity contribution in [2.75, 3.05) is 46.4 Å². The fourth-order valence-corrected chi connectivity index (χ4v) is 2.85. The summed E-state index contributed by atoms with van der Waals surface area (Å²) in [6.07, 6.45) is 1.25. The Kier molecular flexibility index (Phi) is 4.58. The van der Waals surface area contributed by atoms with Crippen molar-refractivity contribution in [1.82, 2.24) is 15.5 Å². The molecule has 0 aromatic carbocycles. The van der Waals surface area contributed by atoms with Crippen molar-refractivity contribution in [2.45, 2.75) is 25.4 Å². The predicted octanol–water partition coefficient (Wildman–Crippen LogP) is -0.0954. The Labute approximate surface area is 98.7 Å². The molecule has 4 heteroatoms. The van der Waals surface area contributed by atoms with Crippen LogP contribution in [0.5, 0.6) is 0 Å². The second-order valence-electron chi connectivity index (χ2n) is 5.21. The van der Waals surface area contributed by atoms with Gasteiger partial charge in [-0.15, -0.1) is 0 Å². The van der Waals surface area contributed by atoms with Gasteiger partial charge in [-0.05, 0) is 18.9 Å². The molecule has 2 bridgehead atoms. The van der Waals surface area contributed by atoms with Crippen LogP contribution in [0.25, 0.3) is 0 Å². The first-order valence-corrected chi connectivity index (χ1v) is 6.47. The molecule has 0 spiro atoms. The maximum absolute atomic E-state index is 5.19. The highest BCUT2D eigenvalue weighted by Crippen LogP contribution is 2.15. The van der Waals surface area contributed by atoms with E-state index in [1.807, 2.05) is 0 Å². The lowest BCUT2D eigenvalue weighted by molar-refractivity contribution is 0.0548. The number of fused-ring (bicyclic) bond motifs is 2. The Balaban J connectivity index is 1.79. The van der Waals surface area contributed by atoms with Gasteiger partial charge < -0.3 is 15.4 Å². The van der Waals surface area contributed by atoms with Gasteiger partial charge >= 0.3 is 0 Å². The van der Waals surface area contributed by atoms with Gasteiger partial charge in [0.05, 0.1) is 0 Å². The summed E-state index contributed by atoms with van der Waals surface area (Å²) in [5.41, 5.74) is 0. The smallest absolute Gasteiger partial charge is 0.0488 e. The van der Waals surface area contributed by atoms with Gasteiger partial charge in [0.25, 0.3) is 0 Å². The maximum atomic E-state index is 5.19. The van der Waals surface area contributed by atoms with Crippen LogP contribution in [0.15, 0.2) is 0 Å². The van der Waals surface area contributed by atoms with E-state index in [1.165, 1.54) is 13.0 Å². The zero-order chi connectivity index (χ0) is 11.4. The van der Waals surface area contributed by atoms with E-state index in [2.05, 4.69) is 22.5 Å². The molecular formula is C12H25N3O. The largest absolute Gasteiger partial charge is 0.384 e. The summed E-state index contributed by atoms with van der Waals surface area (Å²) < 4.78 is 5.19. The van der Waals surface area contributed by atoms with E-state index < -0.39 is 0 Å². The zero-order valence-electron chi connectivity index (χ0n) is 10.5. The van der Waals surface area contributed by atoms with Crippen LogP contribution in [0.4, 0.5) is 0 Å². The summed E-state index contributed by atoms with van der Waals surface area (Å²) in [5.74, 6) is 0.675. The summed E-state index contributed by atoms with van der Waals surface area (Å²) in [7, 11) is 1.79. The lowest BCUT2D eigenvalue weighted by atomic mass is 10.0. The monoisotopic (exact) mass is 227 g/mol. The zero-order valence-corrected chi connectivity index (χ0v) is 10.5. The minimum atomic E-state index is 0.675. The second-order valence-corrected chi connectivity index (χ2v) is 5.21. The normalized spacial score (nSPS) is 32.6. The molecule has 1 unspecified atom stereocenters. The Morgan fingerprint density at radius 3 is 2.25 bits per heavy atom. The Morgan fingerprint density at radius 2 is 1.75 bits per heavy atom. The summed E-state index contributed by atoms with van der Waals surface area (Å²) in [6.45, 7) is 8.96. The molecular weight excluding hydrogens is 202 g/mol. The number of hydrogen-bond acceptors (Lipinski definition) is 4. The highest BCUT2D eigenvalue weighted by Gasteiger charge is 2.33. The molecule has 1 atom stereocenters. The van der Waals surface area contributed by atoms with Crippen LogP contribution in [0.2, 0.25) is 0 Å². The van der Waals surface area contributed by atoms with Crippen molar-refractivity contribution >= 4 is 0 Å². The lowest BCUT2D eigenvalue weighted by Gasteiger charge is -2.47. The van der Waals surface area contributed by atoms with Crippen LogP contribution in [-0.2, 0) is 4.74 Å². The molecule has 2 fully saturated rings. The molecule has 0 aromatic rings. The van der Waals surface area contributed by atoms with Crippen molar-refractivity contribution < 1.29 is 4.74 Å². The third-order valence-electron chi connectivity index (χ3n) is 3.79. The maximum Gasteiger partial charge on any atom is 0.0488 e. The van der Waals surface area contributed by atoms with Gasteiger partial charge in [0.15, 0.2) is 0 Å². The third-order valence-corrected chi connectivity index (χ3v) is 3.79. The molecule has 2 heterocycles. The Morgan fingerprint density at radius 1 is 1.19 bits per heavy atom. The van der Waals surface area contributed by atoms with E-state index in [0.717, 1.165) is 32.8 Å². The van der Waals surface area contributed by atoms with Crippen LogP contribution < -0.4 is 10.6 Å². The summed E-state index contributed by atoms with van der Waals surface area (Å²) in [5, 5.41) is 7.05. The molecule has 2 rings (SSSR count). The molecule has 0 radical (unpaired) electrons.